The molecule has 1 rings (SSSR count). The summed E-state index contributed by atoms with van der Waals surface area (Å²) >= 11 is 0. The molecule has 0 nitrogen and oxygen atoms in total. The molecule has 0 aliphatic carbocycles. The van der Waals surface area contributed by atoms with E-state index < -0.39 is 0 Å². The molecule has 1 aromatic carbocycles. The summed E-state index contributed by atoms with van der Waals surface area (Å²) in [6, 6.07) is 8.51. The molecule has 0 bridgehead atoms. The van der Waals surface area contributed by atoms with Crippen LogP contribution in [0.5, 0.6) is 0 Å². The van der Waals surface area contributed by atoms with Crippen LogP contribution in [-0.4, -0.2) is 7.85 Å². The van der Waals surface area contributed by atoms with Crippen molar-refractivity contribution < 1.29 is 0 Å². The van der Waals surface area contributed by atoms with Gasteiger partial charge in [0.2, 0.25) is 0 Å². The summed E-state index contributed by atoms with van der Waals surface area (Å²) in [7, 11) is 2.11. The SMILES string of the molecule is Bc1cccc(/C=C/CC)c1. The number of hydrogen-bond acceptors (Lipinski definition) is 0. The first kappa shape index (κ1) is 8.12. The third-order valence-corrected chi connectivity index (χ3v) is 1.59. The van der Waals surface area contributed by atoms with Gasteiger partial charge in [0.1, 0.15) is 7.85 Å². The van der Waals surface area contributed by atoms with Gasteiger partial charge in [0, 0.05) is 0 Å². The maximum Gasteiger partial charge on any atom is 0.139 e. The van der Waals surface area contributed by atoms with Crippen LogP contribution in [0, 0.1) is 0 Å². The van der Waals surface area contributed by atoms with E-state index in [1.807, 2.05) is 0 Å². The molecular formula is C10H13B. The molecule has 1 aromatic rings. The molecule has 0 N–H and O–H groups in total. The van der Waals surface area contributed by atoms with Gasteiger partial charge in [-0.15, -0.1) is 0 Å². The molecule has 0 radical (unpaired) electrons. The molecule has 0 saturated carbocycles. The number of allylic oxidation sites excluding steroid dienone is 1. The summed E-state index contributed by atoms with van der Waals surface area (Å²) < 4.78 is 0. The van der Waals surface area contributed by atoms with Crippen LogP contribution in [0.3, 0.4) is 0 Å². The zero-order valence-corrected chi connectivity index (χ0v) is 7.17. The zero-order chi connectivity index (χ0) is 8.10. The Morgan fingerprint density at radius 3 is 2.91 bits per heavy atom. The molecule has 0 saturated heterocycles. The third kappa shape index (κ3) is 2.63. The first-order valence-corrected chi connectivity index (χ1v) is 4.06. The van der Waals surface area contributed by atoms with Crippen molar-refractivity contribution in [2.24, 2.45) is 0 Å². The van der Waals surface area contributed by atoms with E-state index in [4.69, 9.17) is 0 Å². The van der Waals surface area contributed by atoms with Gasteiger partial charge < -0.3 is 0 Å². The molecule has 0 spiro atoms. The van der Waals surface area contributed by atoms with Gasteiger partial charge >= 0.3 is 0 Å². The van der Waals surface area contributed by atoms with Gasteiger partial charge in [-0.2, -0.15) is 0 Å². The lowest BCUT2D eigenvalue weighted by atomic mass is 9.94. The first-order chi connectivity index (χ1) is 5.33. The second-order valence-electron chi connectivity index (χ2n) is 2.72. The Hall–Kier alpha value is -0.975. The Balaban J connectivity index is 2.79. The van der Waals surface area contributed by atoms with E-state index in [9.17, 15) is 0 Å². The zero-order valence-electron chi connectivity index (χ0n) is 7.17. The average Bonchev–Trinajstić information content (AvgIpc) is 2.01. The van der Waals surface area contributed by atoms with Gasteiger partial charge in [0.15, 0.2) is 0 Å². The average molecular weight is 144 g/mol. The lowest BCUT2D eigenvalue weighted by Gasteiger charge is -1.94. The molecule has 56 valence electrons. The van der Waals surface area contributed by atoms with Gasteiger partial charge in [-0.05, 0) is 12.0 Å². The van der Waals surface area contributed by atoms with Gasteiger partial charge in [0.05, 0.1) is 0 Å². The van der Waals surface area contributed by atoms with Crippen LogP contribution in [0.4, 0.5) is 0 Å². The summed E-state index contributed by atoms with van der Waals surface area (Å²) in [6.07, 6.45) is 5.44. The molecule has 0 fully saturated rings. The minimum Gasteiger partial charge on any atom is -0.0884 e. The van der Waals surface area contributed by atoms with Crippen molar-refractivity contribution in [2.45, 2.75) is 13.3 Å². The summed E-state index contributed by atoms with van der Waals surface area (Å²) in [5.41, 5.74) is 2.62. The lowest BCUT2D eigenvalue weighted by Crippen LogP contribution is -1.99. The quantitative estimate of drug-likeness (QED) is 0.550. The Kier molecular flexibility index (Phi) is 2.97. The van der Waals surface area contributed by atoms with Gasteiger partial charge in [0.25, 0.3) is 0 Å². The van der Waals surface area contributed by atoms with Crippen molar-refractivity contribution in [3.63, 3.8) is 0 Å². The van der Waals surface area contributed by atoms with Crippen LogP contribution in [-0.2, 0) is 0 Å². The van der Waals surface area contributed by atoms with E-state index in [0.29, 0.717) is 0 Å². The van der Waals surface area contributed by atoms with Crippen molar-refractivity contribution in [3.8, 4) is 0 Å². The fourth-order valence-electron chi connectivity index (χ4n) is 1.03. The van der Waals surface area contributed by atoms with E-state index in [0.717, 1.165) is 6.42 Å². The Morgan fingerprint density at radius 1 is 1.45 bits per heavy atom. The predicted octanol–water partition coefficient (Wildman–Crippen LogP) is 1.37. The van der Waals surface area contributed by atoms with Crippen LogP contribution in [0.15, 0.2) is 30.3 Å². The highest BCUT2D eigenvalue weighted by atomic mass is 13.9. The fraction of sp³-hybridized carbons (Fsp3) is 0.200. The number of hydrogen-bond donors (Lipinski definition) is 0. The summed E-state index contributed by atoms with van der Waals surface area (Å²) in [5, 5.41) is 0. The van der Waals surface area contributed by atoms with Gasteiger partial charge in [-0.25, -0.2) is 0 Å². The van der Waals surface area contributed by atoms with Crippen LogP contribution >= 0.6 is 0 Å². The molecule has 11 heavy (non-hydrogen) atoms. The Morgan fingerprint density at radius 2 is 2.27 bits per heavy atom. The molecule has 0 unspecified atom stereocenters. The highest BCUT2D eigenvalue weighted by Gasteiger charge is 1.85. The highest BCUT2D eigenvalue weighted by molar-refractivity contribution is 6.32. The molecule has 1 heteroatoms. The molecular weight excluding hydrogens is 131 g/mol. The van der Waals surface area contributed by atoms with Crippen LogP contribution in [0.25, 0.3) is 6.08 Å². The molecule has 0 aliphatic rings. The Bertz CT molecular complexity index is 251. The maximum absolute atomic E-state index is 2.19. The summed E-state index contributed by atoms with van der Waals surface area (Å²) in [6.45, 7) is 2.15. The predicted molar refractivity (Wildman–Crippen MR) is 53.9 cm³/mol. The summed E-state index contributed by atoms with van der Waals surface area (Å²) in [4.78, 5) is 0. The molecule has 0 heterocycles. The molecule has 0 aromatic heterocycles. The maximum atomic E-state index is 2.19. The number of benzene rings is 1. The smallest absolute Gasteiger partial charge is 0.0884 e. The van der Waals surface area contributed by atoms with Crippen LogP contribution < -0.4 is 5.46 Å². The van der Waals surface area contributed by atoms with E-state index in [1.165, 1.54) is 11.0 Å². The molecule has 0 aliphatic heterocycles. The van der Waals surface area contributed by atoms with Crippen molar-refractivity contribution in [3.05, 3.63) is 35.9 Å². The normalized spacial score (nSPS) is 10.6. The van der Waals surface area contributed by atoms with E-state index in [1.54, 1.807) is 0 Å². The highest BCUT2D eigenvalue weighted by Crippen LogP contribution is 1.99. The van der Waals surface area contributed by atoms with Gasteiger partial charge in [-0.3, -0.25) is 0 Å². The number of rotatable bonds is 2. The standard InChI is InChI=1S/C10H13B/c1-2-3-5-9-6-4-7-10(11)8-9/h3-8H,2,11H2,1H3/b5-3+. The topological polar surface area (TPSA) is 0 Å². The van der Waals surface area contributed by atoms with E-state index >= 15 is 0 Å². The largest absolute Gasteiger partial charge is 0.139 e. The van der Waals surface area contributed by atoms with Gasteiger partial charge in [-0.1, -0.05) is 48.8 Å². The minimum atomic E-state index is 1.11. The van der Waals surface area contributed by atoms with Crippen molar-refractivity contribution in [2.75, 3.05) is 0 Å². The fourth-order valence-corrected chi connectivity index (χ4v) is 1.03. The second kappa shape index (κ2) is 4.02. The summed E-state index contributed by atoms with van der Waals surface area (Å²) in [5.74, 6) is 0. The van der Waals surface area contributed by atoms with Crippen molar-refractivity contribution in [1.29, 1.82) is 0 Å². The minimum absolute atomic E-state index is 1.11. The molecule has 0 atom stereocenters. The van der Waals surface area contributed by atoms with Crippen molar-refractivity contribution >= 4 is 19.4 Å². The van der Waals surface area contributed by atoms with Crippen LogP contribution in [0.2, 0.25) is 0 Å². The van der Waals surface area contributed by atoms with E-state index in [-0.39, 0.29) is 0 Å². The lowest BCUT2D eigenvalue weighted by molar-refractivity contribution is 1.23. The van der Waals surface area contributed by atoms with Crippen molar-refractivity contribution in [1.82, 2.24) is 0 Å². The molecule has 0 amide bonds. The third-order valence-electron chi connectivity index (χ3n) is 1.59. The first-order valence-electron chi connectivity index (χ1n) is 4.06. The van der Waals surface area contributed by atoms with Crippen LogP contribution in [0.1, 0.15) is 18.9 Å². The van der Waals surface area contributed by atoms with E-state index in [2.05, 4.69) is 51.2 Å². The second-order valence-corrected chi connectivity index (χ2v) is 2.72. The monoisotopic (exact) mass is 144 g/mol. The Labute approximate surface area is 69.4 Å².